The highest BCUT2D eigenvalue weighted by atomic mass is 35.5. The molecule has 1 amide bonds. The van der Waals surface area contributed by atoms with Crippen LogP contribution in [0.1, 0.15) is 44.1 Å². The van der Waals surface area contributed by atoms with Crippen LogP contribution in [0, 0.1) is 12.3 Å². The van der Waals surface area contributed by atoms with E-state index in [0.29, 0.717) is 30.2 Å². The minimum atomic E-state index is -3.87. The van der Waals surface area contributed by atoms with Crippen LogP contribution in [0.2, 0.25) is 15.1 Å². The first-order valence-electron chi connectivity index (χ1n) is 12.2. The average Bonchev–Trinajstić information content (AvgIpc) is 2.85. The molecule has 0 saturated carbocycles. The van der Waals surface area contributed by atoms with Crippen molar-refractivity contribution in [1.29, 1.82) is 0 Å². The van der Waals surface area contributed by atoms with Gasteiger partial charge in [-0.3, -0.25) is 4.79 Å². The number of rotatable bonds is 7. The van der Waals surface area contributed by atoms with E-state index in [2.05, 4.69) is 0 Å². The quantitative estimate of drug-likeness (QED) is 0.395. The number of nitrogens with zero attached hydrogens (tertiary/aromatic N) is 2. The van der Waals surface area contributed by atoms with Crippen molar-refractivity contribution in [2.45, 2.75) is 50.3 Å². The van der Waals surface area contributed by atoms with Gasteiger partial charge in [-0.15, -0.1) is 0 Å². The standard InChI is InChI=1S/C26H31Cl3N2O4S/c1-19-12-22(6-7-24(19)29)35-18-26(16-25(32)30-9-3-2-4-10-30)8-5-11-31(17-26)36(33,34)23-14-20(27)13-21(28)15-23/h6-7,12-15H,2-5,8-11,16-18H2,1H3/t26-/m0/s1. The predicted octanol–water partition coefficient (Wildman–Crippen LogP) is 6.21. The molecule has 2 saturated heterocycles. The maximum Gasteiger partial charge on any atom is 0.243 e. The van der Waals surface area contributed by atoms with Crippen molar-refractivity contribution in [3.8, 4) is 5.75 Å². The Morgan fingerprint density at radius 2 is 1.67 bits per heavy atom. The second kappa shape index (κ2) is 11.5. The minimum absolute atomic E-state index is 0.0485. The molecular formula is C26H31Cl3N2O4S. The number of benzene rings is 2. The molecule has 0 radical (unpaired) electrons. The van der Waals surface area contributed by atoms with Crippen LogP contribution in [-0.2, 0) is 14.8 Å². The zero-order chi connectivity index (χ0) is 25.9. The minimum Gasteiger partial charge on any atom is -0.493 e. The molecule has 0 unspecified atom stereocenters. The van der Waals surface area contributed by atoms with Crippen LogP contribution in [0.4, 0.5) is 0 Å². The Hall–Kier alpha value is -1.51. The summed E-state index contributed by atoms with van der Waals surface area (Å²) < 4.78 is 34.8. The number of halogens is 3. The summed E-state index contributed by atoms with van der Waals surface area (Å²) in [4.78, 5) is 15.3. The zero-order valence-electron chi connectivity index (χ0n) is 20.3. The molecule has 2 fully saturated rings. The maximum absolute atomic E-state index is 13.6. The van der Waals surface area contributed by atoms with Gasteiger partial charge in [0.05, 0.1) is 11.5 Å². The first-order chi connectivity index (χ1) is 17.1. The first kappa shape index (κ1) is 27.5. The van der Waals surface area contributed by atoms with Crippen LogP contribution in [0.5, 0.6) is 5.75 Å². The molecule has 2 aliphatic rings. The Morgan fingerprint density at radius 3 is 2.33 bits per heavy atom. The van der Waals surface area contributed by atoms with E-state index in [-0.39, 0.29) is 40.4 Å². The summed E-state index contributed by atoms with van der Waals surface area (Å²) in [5.41, 5.74) is 0.216. The van der Waals surface area contributed by atoms with Gasteiger partial charge in [-0.2, -0.15) is 4.31 Å². The normalized spacial score (nSPS) is 21.4. The van der Waals surface area contributed by atoms with E-state index in [1.807, 2.05) is 17.9 Å². The molecule has 10 heteroatoms. The van der Waals surface area contributed by atoms with E-state index >= 15 is 0 Å². The van der Waals surface area contributed by atoms with E-state index in [4.69, 9.17) is 39.5 Å². The van der Waals surface area contributed by atoms with Crippen LogP contribution < -0.4 is 4.74 Å². The molecule has 0 bridgehead atoms. The third kappa shape index (κ3) is 6.48. The zero-order valence-corrected chi connectivity index (χ0v) is 23.4. The second-order valence-corrected chi connectivity index (χ2v) is 13.1. The molecule has 2 aliphatic heterocycles. The first-order valence-corrected chi connectivity index (χ1v) is 14.8. The van der Waals surface area contributed by atoms with Crippen molar-refractivity contribution in [3.63, 3.8) is 0 Å². The number of hydrogen-bond acceptors (Lipinski definition) is 4. The SMILES string of the molecule is Cc1cc(OC[C@]2(CC(=O)N3CCCCC3)CCCN(S(=O)(=O)c3cc(Cl)cc(Cl)c3)C2)ccc1Cl. The molecule has 2 aromatic rings. The lowest BCUT2D eigenvalue weighted by Gasteiger charge is -2.42. The molecule has 4 rings (SSSR count). The molecule has 0 aliphatic carbocycles. The van der Waals surface area contributed by atoms with E-state index in [1.54, 1.807) is 12.1 Å². The highest BCUT2D eigenvalue weighted by Crippen LogP contribution is 2.38. The highest BCUT2D eigenvalue weighted by molar-refractivity contribution is 7.89. The molecule has 0 aromatic heterocycles. The third-order valence-corrected chi connectivity index (χ3v) is 9.69. The topological polar surface area (TPSA) is 66.9 Å². The molecule has 0 N–H and O–H groups in total. The van der Waals surface area contributed by atoms with E-state index < -0.39 is 15.4 Å². The van der Waals surface area contributed by atoms with Gasteiger partial charge < -0.3 is 9.64 Å². The van der Waals surface area contributed by atoms with Gasteiger partial charge in [0.15, 0.2) is 0 Å². The van der Waals surface area contributed by atoms with E-state index in [1.165, 1.54) is 22.5 Å². The Labute approximate surface area is 228 Å². The number of piperidine rings is 2. The van der Waals surface area contributed by atoms with Crippen LogP contribution in [0.3, 0.4) is 0 Å². The summed E-state index contributed by atoms with van der Waals surface area (Å²) in [5, 5.41) is 1.16. The summed E-state index contributed by atoms with van der Waals surface area (Å²) in [7, 11) is -3.87. The number of carbonyl (C=O) groups excluding carboxylic acids is 1. The number of likely N-dealkylation sites (tertiary alicyclic amines) is 1. The van der Waals surface area contributed by atoms with Crippen molar-refractivity contribution in [2.75, 3.05) is 32.8 Å². The van der Waals surface area contributed by atoms with Gasteiger partial charge in [0, 0.05) is 53.1 Å². The Morgan fingerprint density at radius 1 is 0.972 bits per heavy atom. The Balaban J connectivity index is 1.60. The van der Waals surface area contributed by atoms with E-state index in [0.717, 1.165) is 37.9 Å². The van der Waals surface area contributed by atoms with Crippen molar-refractivity contribution >= 4 is 50.7 Å². The van der Waals surface area contributed by atoms with Crippen LogP contribution >= 0.6 is 34.8 Å². The average molecular weight is 574 g/mol. The van der Waals surface area contributed by atoms with Crippen molar-refractivity contribution in [3.05, 3.63) is 57.0 Å². The van der Waals surface area contributed by atoms with Gasteiger partial charge in [0.1, 0.15) is 5.75 Å². The predicted molar refractivity (Wildman–Crippen MR) is 144 cm³/mol. The van der Waals surface area contributed by atoms with Gasteiger partial charge in [0.2, 0.25) is 15.9 Å². The van der Waals surface area contributed by atoms with E-state index in [9.17, 15) is 13.2 Å². The van der Waals surface area contributed by atoms with Gasteiger partial charge in [-0.25, -0.2) is 8.42 Å². The van der Waals surface area contributed by atoms with Gasteiger partial charge in [0.25, 0.3) is 0 Å². The highest BCUT2D eigenvalue weighted by Gasteiger charge is 2.43. The molecule has 0 spiro atoms. The molecule has 36 heavy (non-hydrogen) atoms. The summed E-state index contributed by atoms with van der Waals surface area (Å²) in [6.45, 7) is 4.13. The number of ether oxygens (including phenoxy) is 1. The Kier molecular flexibility index (Phi) is 8.78. The number of sulfonamides is 1. The number of carbonyl (C=O) groups is 1. The largest absolute Gasteiger partial charge is 0.493 e. The van der Waals surface area contributed by atoms with Crippen molar-refractivity contribution in [2.24, 2.45) is 5.41 Å². The molecule has 2 heterocycles. The lowest BCUT2D eigenvalue weighted by atomic mass is 9.78. The summed E-state index contributed by atoms with van der Waals surface area (Å²) in [6, 6.07) is 9.74. The van der Waals surface area contributed by atoms with Gasteiger partial charge >= 0.3 is 0 Å². The van der Waals surface area contributed by atoms with Crippen LogP contribution in [0.25, 0.3) is 0 Å². The van der Waals surface area contributed by atoms with Crippen LogP contribution in [0.15, 0.2) is 41.3 Å². The number of hydrogen-bond donors (Lipinski definition) is 0. The molecule has 196 valence electrons. The van der Waals surface area contributed by atoms with Gasteiger partial charge in [-0.05, 0) is 81.0 Å². The molecule has 1 atom stereocenters. The fourth-order valence-corrected chi connectivity index (χ4v) is 7.46. The third-order valence-electron chi connectivity index (χ3n) is 7.01. The summed E-state index contributed by atoms with van der Waals surface area (Å²) in [6.07, 6.45) is 4.64. The van der Waals surface area contributed by atoms with Crippen molar-refractivity contribution in [1.82, 2.24) is 9.21 Å². The monoisotopic (exact) mass is 572 g/mol. The van der Waals surface area contributed by atoms with Crippen LogP contribution in [-0.4, -0.2) is 56.3 Å². The molecule has 2 aromatic carbocycles. The lowest BCUT2D eigenvalue weighted by Crippen LogP contribution is -2.51. The fraction of sp³-hybridized carbons (Fsp3) is 0.500. The fourth-order valence-electron chi connectivity index (χ4n) is 5.03. The second-order valence-electron chi connectivity index (χ2n) is 9.87. The summed E-state index contributed by atoms with van der Waals surface area (Å²) >= 11 is 18.4. The summed E-state index contributed by atoms with van der Waals surface area (Å²) in [5.74, 6) is 0.693. The lowest BCUT2D eigenvalue weighted by molar-refractivity contribution is -0.136. The smallest absolute Gasteiger partial charge is 0.243 e. The number of amides is 1. The van der Waals surface area contributed by atoms with Gasteiger partial charge in [-0.1, -0.05) is 34.8 Å². The molecule has 6 nitrogen and oxygen atoms in total. The van der Waals surface area contributed by atoms with Crippen molar-refractivity contribution < 1.29 is 17.9 Å². The Bertz CT molecular complexity index is 1200. The number of aryl methyl sites for hydroxylation is 1. The molecular weight excluding hydrogens is 543 g/mol. The maximum atomic E-state index is 13.6.